The summed E-state index contributed by atoms with van der Waals surface area (Å²) in [5.41, 5.74) is 0.134. The van der Waals surface area contributed by atoms with E-state index in [-0.39, 0.29) is 11.2 Å². The van der Waals surface area contributed by atoms with Gasteiger partial charge in [-0.15, -0.1) is 0 Å². The highest BCUT2D eigenvalue weighted by atomic mass is 32.2. The molecule has 0 amide bonds. The second kappa shape index (κ2) is 7.34. The van der Waals surface area contributed by atoms with Crippen molar-refractivity contribution in [2.45, 2.75) is 40.5 Å². The van der Waals surface area contributed by atoms with Gasteiger partial charge in [-0.25, -0.2) is 13.1 Å². The van der Waals surface area contributed by atoms with E-state index in [1.54, 1.807) is 0 Å². The van der Waals surface area contributed by atoms with E-state index < -0.39 is 10.0 Å². The molecule has 0 aromatic carbocycles. The standard InChI is InChI=1S/C12H28N2O2S/c1-11(12(2,3)4)10-14-17(15,16)9-7-6-8-13-5/h11,13-14H,6-10H2,1-5H3. The third kappa shape index (κ3) is 8.57. The molecule has 0 saturated heterocycles. The fraction of sp³-hybridized carbons (Fsp3) is 1.00. The summed E-state index contributed by atoms with van der Waals surface area (Å²) in [4.78, 5) is 0. The van der Waals surface area contributed by atoms with E-state index >= 15 is 0 Å². The van der Waals surface area contributed by atoms with Gasteiger partial charge in [-0.1, -0.05) is 27.7 Å². The summed E-state index contributed by atoms with van der Waals surface area (Å²) in [6, 6.07) is 0. The van der Waals surface area contributed by atoms with Gasteiger partial charge in [0.05, 0.1) is 5.75 Å². The summed E-state index contributed by atoms with van der Waals surface area (Å²) in [6.45, 7) is 9.84. The molecule has 0 radical (unpaired) electrons. The minimum absolute atomic E-state index is 0.134. The van der Waals surface area contributed by atoms with Crippen molar-refractivity contribution in [3.8, 4) is 0 Å². The lowest BCUT2D eigenvalue weighted by Gasteiger charge is -2.27. The SMILES string of the molecule is CNCCCCS(=O)(=O)NCC(C)C(C)(C)C. The van der Waals surface area contributed by atoms with E-state index in [2.05, 4.69) is 37.7 Å². The van der Waals surface area contributed by atoms with Crippen LogP contribution in [0.4, 0.5) is 0 Å². The molecular formula is C12H28N2O2S. The normalized spacial score (nSPS) is 14.9. The van der Waals surface area contributed by atoms with Gasteiger partial charge in [0, 0.05) is 6.54 Å². The van der Waals surface area contributed by atoms with Crippen molar-refractivity contribution in [3.05, 3.63) is 0 Å². The van der Waals surface area contributed by atoms with Crippen LogP contribution in [-0.4, -0.2) is 34.3 Å². The Morgan fingerprint density at radius 1 is 1.18 bits per heavy atom. The lowest BCUT2D eigenvalue weighted by atomic mass is 9.82. The molecule has 0 heterocycles. The van der Waals surface area contributed by atoms with Gasteiger partial charge in [-0.05, 0) is 37.8 Å². The molecule has 0 bridgehead atoms. The Kier molecular flexibility index (Phi) is 7.28. The number of unbranched alkanes of at least 4 members (excludes halogenated alkanes) is 1. The molecule has 0 aliphatic carbocycles. The van der Waals surface area contributed by atoms with Gasteiger partial charge >= 0.3 is 0 Å². The first-order valence-corrected chi connectivity index (χ1v) is 7.96. The molecule has 1 atom stereocenters. The van der Waals surface area contributed by atoms with Crippen molar-refractivity contribution in [2.75, 3.05) is 25.9 Å². The van der Waals surface area contributed by atoms with Crippen molar-refractivity contribution in [3.63, 3.8) is 0 Å². The van der Waals surface area contributed by atoms with E-state index in [1.165, 1.54) is 0 Å². The average molecular weight is 264 g/mol. The lowest BCUT2D eigenvalue weighted by molar-refractivity contribution is 0.263. The first-order chi connectivity index (χ1) is 7.69. The average Bonchev–Trinajstić information content (AvgIpc) is 2.20. The molecule has 5 heteroatoms. The van der Waals surface area contributed by atoms with Gasteiger partial charge in [0.2, 0.25) is 10.0 Å². The lowest BCUT2D eigenvalue weighted by Crippen LogP contribution is -2.35. The molecule has 2 N–H and O–H groups in total. The van der Waals surface area contributed by atoms with E-state index in [0.717, 1.165) is 13.0 Å². The zero-order valence-corrected chi connectivity index (χ0v) is 12.7. The van der Waals surface area contributed by atoms with Crippen molar-refractivity contribution in [1.29, 1.82) is 0 Å². The fourth-order valence-electron chi connectivity index (χ4n) is 1.22. The molecule has 0 spiro atoms. The molecule has 0 aromatic heterocycles. The highest BCUT2D eigenvalue weighted by Gasteiger charge is 2.21. The Morgan fingerprint density at radius 2 is 1.76 bits per heavy atom. The van der Waals surface area contributed by atoms with Crippen molar-refractivity contribution < 1.29 is 8.42 Å². The number of hydrogen-bond donors (Lipinski definition) is 2. The van der Waals surface area contributed by atoms with Crippen LogP contribution in [0.2, 0.25) is 0 Å². The summed E-state index contributed by atoms with van der Waals surface area (Å²) >= 11 is 0. The Bertz CT molecular complexity index is 294. The van der Waals surface area contributed by atoms with E-state index in [1.807, 2.05) is 7.05 Å². The van der Waals surface area contributed by atoms with Crippen LogP contribution in [0.3, 0.4) is 0 Å². The molecule has 0 rings (SSSR count). The van der Waals surface area contributed by atoms with Crippen LogP contribution >= 0.6 is 0 Å². The Balaban J connectivity index is 3.94. The molecule has 0 fully saturated rings. The molecule has 1 unspecified atom stereocenters. The summed E-state index contributed by atoms with van der Waals surface area (Å²) in [5, 5.41) is 3.01. The largest absolute Gasteiger partial charge is 0.320 e. The van der Waals surface area contributed by atoms with Gasteiger partial charge in [0.1, 0.15) is 0 Å². The van der Waals surface area contributed by atoms with Gasteiger partial charge in [-0.3, -0.25) is 0 Å². The first-order valence-electron chi connectivity index (χ1n) is 6.31. The van der Waals surface area contributed by atoms with Crippen molar-refractivity contribution >= 4 is 10.0 Å². The van der Waals surface area contributed by atoms with Crippen LogP contribution in [0.5, 0.6) is 0 Å². The van der Waals surface area contributed by atoms with Gasteiger partial charge in [0.25, 0.3) is 0 Å². The Hall–Kier alpha value is -0.130. The predicted molar refractivity (Wildman–Crippen MR) is 73.6 cm³/mol. The molecule has 0 aliphatic heterocycles. The quantitative estimate of drug-likeness (QED) is 0.655. The third-order valence-corrected chi connectivity index (χ3v) is 4.61. The fourth-order valence-corrected chi connectivity index (χ4v) is 2.46. The van der Waals surface area contributed by atoms with Crippen LogP contribution < -0.4 is 10.0 Å². The minimum Gasteiger partial charge on any atom is -0.320 e. The highest BCUT2D eigenvalue weighted by Crippen LogP contribution is 2.24. The smallest absolute Gasteiger partial charge is 0.211 e. The minimum atomic E-state index is -3.10. The maximum Gasteiger partial charge on any atom is 0.211 e. The maximum absolute atomic E-state index is 11.7. The van der Waals surface area contributed by atoms with E-state index in [0.29, 0.717) is 18.9 Å². The first kappa shape index (κ1) is 16.9. The van der Waals surface area contributed by atoms with E-state index in [9.17, 15) is 8.42 Å². The van der Waals surface area contributed by atoms with E-state index in [4.69, 9.17) is 0 Å². The van der Waals surface area contributed by atoms with Crippen LogP contribution in [0.25, 0.3) is 0 Å². The van der Waals surface area contributed by atoms with Crippen LogP contribution in [0.1, 0.15) is 40.5 Å². The molecule has 17 heavy (non-hydrogen) atoms. The summed E-state index contributed by atoms with van der Waals surface area (Å²) in [6.07, 6.45) is 1.60. The number of sulfonamides is 1. The van der Waals surface area contributed by atoms with Gasteiger partial charge < -0.3 is 5.32 Å². The van der Waals surface area contributed by atoms with Crippen LogP contribution in [0, 0.1) is 11.3 Å². The molecule has 0 aliphatic rings. The summed E-state index contributed by atoms with van der Waals surface area (Å²) in [7, 11) is -1.22. The highest BCUT2D eigenvalue weighted by molar-refractivity contribution is 7.89. The topological polar surface area (TPSA) is 58.2 Å². The monoisotopic (exact) mass is 264 g/mol. The molecule has 4 nitrogen and oxygen atoms in total. The van der Waals surface area contributed by atoms with Gasteiger partial charge in [-0.2, -0.15) is 0 Å². The Labute approximate surface area is 107 Å². The number of nitrogens with one attached hydrogen (secondary N) is 2. The van der Waals surface area contributed by atoms with Gasteiger partial charge in [0.15, 0.2) is 0 Å². The summed E-state index contributed by atoms with van der Waals surface area (Å²) in [5.74, 6) is 0.556. The number of rotatable bonds is 8. The van der Waals surface area contributed by atoms with Crippen LogP contribution in [-0.2, 0) is 10.0 Å². The van der Waals surface area contributed by atoms with Crippen molar-refractivity contribution in [1.82, 2.24) is 10.0 Å². The molecule has 0 saturated carbocycles. The maximum atomic E-state index is 11.7. The molecule has 104 valence electrons. The zero-order valence-electron chi connectivity index (χ0n) is 11.8. The Morgan fingerprint density at radius 3 is 2.24 bits per heavy atom. The molecule has 0 aromatic rings. The molecular weight excluding hydrogens is 236 g/mol. The van der Waals surface area contributed by atoms with Crippen LogP contribution in [0.15, 0.2) is 0 Å². The summed E-state index contributed by atoms with van der Waals surface area (Å²) < 4.78 is 26.1. The zero-order chi connectivity index (χ0) is 13.5. The number of hydrogen-bond acceptors (Lipinski definition) is 3. The predicted octanol–water partition coefficient (Wildman–Crippen LogP) is 1.59. The second-order valence-corrected chi connectivity index (χ2v) is 7.67. The second-order valence-electron chi connectivity index (χ2n) is 5.75. The third-order valence-electron chi connectivity index (χ3n) is 3.18. The van der Waals surface area contributed by atoms with Crippen molar-refractivity contribution in [2.24, 2.45) is 11.3 Å².